The number of methoxy groups -OCH3 is 1. The molecule has 0 spiro atoms. The van der Waals surface area contributed by atoms with E-state index in [2.05, 4.69) is 15.2 Å². The van der Waals surface area contributed by atoms with Crippen LogP contribution in [0, 0.1) is 6.92 Å². The van der Waals surface area contributed by atoms with E-state index in [-0.39, 0.29) is 11.8 Å². The van der Waals surface area contributed by atoms with Crippen molar-refractivity contribution < 1.29 is 18.7 Å². The van der Waals surface area contributed by atoms with Crippen LogP contribution in [-0.2, 0) is 11.2 Å². The lowest BCUT2D eigenvalue weighted by Crippen LogP contribution is -2.39. The Balaban J connectivity index is 1.40. The Morgan fingerprint density at radius 1 is 1.12 bits per heavy atom. The third-order valence-corrected chi connectivity index (χ3v) is 6.61. The fraction of sp³-hybridized carbons (Fsp3) is 0.280. The van der Waals surface area contributed by atoms with Crippen LogP contribution in [0.25, 0.3) is 11.6 Å². The van der Waals surface area contributed by atoms with E-state index >= 15 is 0 Å². The number of nitrogens with zero attached hydrogens (tertiary/aromatic N) is 4. The van der Waals surface area contributed by atoms with Gasteiger partial charge in [-0.1, -0.05) is 24.3 Å². The fourth-order valence-electron chi connectivity index (χ4n) is 3.98. The molecule has 1 unspecified atom stereocenters. The Labute approximate surface area is 201 Å². The molecule has 3 aromatic heterocycles. The molecule has 0 radical (unpaired) electrons. The molecule has 8 nitrogen and oxygen atoms in total. The maximum atomic E-state index is 13.4. The molecule has 5 rings (SSSR count). The van der Waals surface area contributed by atoms with Gasteiger partial charge in [-0.3, -0.25) is 4.79 Å². The van der Waals surface area contributed by atoms with Crippen LogP contribution in [0.2, 0.25) is 0 Å². The van der Waals surface area contributed by atoms with Crippen LogP contribution in [0.3, 0.4) is 0 Å². The lowest BCUT2D eigenvalue weighted by molar-refractivity contribution is 0.0986. The number of rotatable bonds is 7. The van der Waals surface area contributed by atoms with Crippen LogP contribution in [0.1, 0.15) is 31.9 Å². The van der Waals surface area contributed by atoms with Crippen molar-refractivity contribution in [1.29, 1.82) is 0 Å². The number of carbonyl (C=O) groups excluding carboxylic acids is 1. The number of anilines is 1. The quantitative estimate of drug-likeness (QED) is 0.362. The maximum Gasteiger partial charge on any atom is 0.268 e. The Bertz CT molecular complexity index is 1300. The summed E-state index contributed by atoms with van der Waals surface area (Å²) in [5.41, 5.74) is 2.54. The molecule has 1 atom stereocenters. The molecule has 1 aliphatic heterocycles. The smallest absolute Gasteiger partial charge is 0.268 e. The van der Waals surface area contributed by atoms with E-state index in [0.717, 1.165) is 16.1 Å². The summed E-state index contributed by atoms with van der Waals surface area (Å²) in [7, 11) is 1.62. The van der Waals surface area contributed by atoms with E-state index in [1.807, 2.05) is 54.3 Å². The van der Waals surface area contributed by atoms with Gasteiger partial charge in [-0.05, 0) is 43.2 Å². The Kier molecular flexibility index (Phi) is 6.37. The lowest BCUT2D eigenvalue weighted by Gasteiger charge is -2.33. The summed E-state index contributed by atoms with van der Waals surface area (Å²) in [6.07, 6.45) is 0.707. The standard InChI is InChI=1S/C25H24N4O4S/c1-16-10-11-21(34-16)25(30)29-15-18(14-17-6-3-4-8-20(17)29)23-27-28-24(33-23)19-7-5-9-22(26-19)32-13-12-31-2/h3-11,18H,12-15H2,1-2H3. The molecule has 4 aromatic rings. The van der Waals surface area contributed by atoms with Gasteiger partial charge in [0.1, 0.15) is 12.3 Å². The highest BCUT2D eigenvalue weighted by Gasteiger charge is 2.33. The minimum Gasteiger partial charge on any atom is -0.475 e. The van der Waals surface area contributed by atoms with Gasteiger partial charge in [-0.25, -0.2) is 4.98 Å². The summed E-state index contributed by atoms with van der Waals surface area (Å²) in [5.74, 6) is 1.12. The topological polar surface area (TPSA) is 90.6 Å². The number of hydrogen-bond donors (Lipinski definition) is 0. The summed E-state index contributed by atoms with van der Waals surface area (Å²) >= 11 is 1.50. The van der Waals surface area contributed by atoms with Crippen molar-refractivity contribution in [3.05, 3.63) is 75.8 Å². The minimum absolute atomic E-state index is 0.0161. The number of amides is 1. The highest BCUT2D eigenvalue weighted by Crippen LogP contribution is 2.36. The minimum atomic E-state index is -0.123. The summed E-state index contributed by atoms with van der Waals surface area (Å²) in [6, 6.07) is 17.2. The molecular formula is C25H24N4O4S. The number of benzene rings is 1. The molecule has 0 fully saturated rings. The molecule has 1 amide bonds. The predicted octanol–water partition coefficient (Wildman–Crippen LogP) is 4.51. The summed E-state index contributed by atoms with van der Waals surface area (Å²) < 4.78 is 16.6. The Morgan fingerprint density at radius 2 is 2.00 bits per heavy atom. The van der Waals surface area contributed by atoms with Crippen LogP contribution in [0.15, 0.2) is 59.0 Å². The first-order chi connectivity index (χ1) is 16.6. The summed E-state index contributed by atoms with van der Waals surface area (Å²) in [6.45, 7) is 3.33. The number of fused-ring (bicyclic) bond motifs is 1. The molecule has 0 N–H and O–H groups in total. The van der Waals surface area contributed by atoms with Crippen molar-refractivity contribution in [2.24, 2.45) is 0 Å². The van der Waals surface area contributed by atoms with Crippen LogP contribution < -0.4 is 9.64 Å². The van der Waals surface area contributed by atoms with E-state index in [1.165, 1.54) is 11.3 Å². The normalized spacial score (nSPS) is 15.2. The number of hydrogen-bond acceptors (Lipinski definition) is 8. The Hall–Kier alpha value is -3.56. The Morgan fingerprint density at radius 3 is 2.82 bits per heavy atom. The van der Waals surface area contributed by atoms with Gasteiger partial charge in [0.05, 0.1) is 17.4 Å². The number of aromatic nitrogens is 3. The van der Waals surface area contributed by atoms with Crippen molar-refractivity contribution in [3.63, 3.8) is 0 Å². The van der Waals surface area contributed by atoms with Crippen molar-refractivity contribution in [3.8, 4) is 17.5 Å². The first-order valence-electron chi connectivity index (χ1n) is 11.0. The summed E-state index contributed by atoms with van der Waals surface area (Å²) in [4.78, 5) is 21.5. The van der Waals surface area contributed by atoms with Crippen LogP contribution in [0.4, 0.5) is 5.69 Å². The number of para-hydroxylation sites is 1. The van der Waals surface area contributed by atoms with E-state index < -0.39 is 0 Å². The van der Waals surface area contributed by atoms with Crippen LogP contribution in [0.5, 0.6) is 5.88 Å². The number of pyridine rings is 1. The van der Waals surface area contributed by atoms with Crippen molar-refractivity contribution in [2.45, 2.75) is 19.3 Å². The molecule has 4 heterocycles. The number of carbonyl (C=O) groups is 1. The van der Waals surface area contributed by atoms with Gasteiger partial charge in [0.25, 0.3) is 11.8 Å². The molecule has 1 aliphatic rings. The zero-order valence-electron chi connectivity index (χ0n) is 18.9. The molecule has 9 heteroatoms. The van der Waals surface area contributed by atoms with Gasteiger partial charge < -0.3 is 18.8 Å². The first-order valence-corrected chi connectivity index (χ1v) is 11.8. The van der Waals surface area contributed by atoms with Crippen molar-refractivity contribution >= 4 is 22.9 Å². The lowest BCUT2D eigenvalue weighted by atomic mass is 9.92. The van der Waals surface area contributed by atoms with Crippen molar-refractivity contribution in [2.75, 3.05) is 31.8 Å². The highest BCUT2D eigenvalue weighted by molar-refractivity contribution is 7.14. The van der Waals surface area contributed by atoms with E-state index in [9.17, 15) is 4.79 Å². The molecule has 0 saturated carbocycles. The van der Waals surface area contributed by atoms with Gasteiger partial charge in [-0.15, -0.1) is 21.5 Å². The van der Waals surface area contributed by atoms with E-state index in [1.54, 1.807) is 19.2 Å². The molecule has 0 aliphatic carbocycles. The second kappa shape index (κ2) is 9.74. The molecule has 174 valence electrons. The average Bonchev–Trinajstić information content (AvgIpc) is 3.53. The van der Waals surface area contributed by atoms with Gasteiger partial charge in [0, 0.05) is 30.3 Å². The van der Waals surface area contributed by atoms with Gasteiger partial charge in [0.2, 0.25) is 11.8 Å². The second-order valence-electron chi connectivity index (χ2n) is 8.00. The highest BCUT2D eigenvalue weighted by atomic mass is 32.1. The number of ether oxygens (including phenoxy) is 2. The third kappa shape index (κ3) is 4.57. The number of aryl methyl sites for hydroxylation is 1. The number of thiophene rings is 1. The zero-order chi connectivity index (χ0) is 23.5. The molecule has 34 heavy (non-hydrogen) atoms. The third-order valence-electron chi connectivity index (χ3n) is 5.62. The molecule has 0 saturated heterocycles. The molecule has 0 bridgehead atoms. The fourth-order valence-corrected chi connectivity index (χ4v) is 4.80. The van der Waals surface area contributed by atoms with Gasteiger partial charge >= 0.3 is 0 Å². The monoisotopic (exact) mass is 476 g/mol. The van der Waals surface area contributed by atoms with E-state index in [0.29, 0.717) is 54.4 Å². The zero-order valence-corrected chi connectivity index (χ0v) is 19.7. The largest absolute Gasteiger partial charge is 0.475 e. The summed E-state index contributed by atoms with van der Waals surface area (Å²) in [5, 5.41) is 8.54. The maximum absolute atomic E-state index is 13.4. The molecule has 1 aromatic carbocycles. The van der Waals surface area contributed by atoms with Crippen LogP contribution in [-0.4, -0.2) is 48.0 Å². The van der Waals surface area contributed by atoms with E-state index in [4.69, 9.17) is 13.9 Å². The van der Waals surface area contributed by atoms with Crippen molar-refractivity contribution in [1.82, 2.24) is 15.2 Å². The average molecular weight is 477 g/mol. The first kappa shape index (κ1) is 22.2. The molecular weight excluding hydrogens is 452 g/mol. The SMILES string of the molecule is COCCOc1cccc(-c2nnc(C3Cc4ccccc4N(C(=O)c4ccc(C)s4)C3)o2)n1. The predicted molar refractivity (Wildman–Crippen MR) is 129 cm³/mol. The van der Waals surface area contributed by atoms with Gasteiger partial charge in [-0.2, -0.15) is 0 Å². The van der Waals surface area contributed by atoms with Gasteiger partial charge in [0.15, 0.2) is 0 Å². The van der Waals surface area contributed by atoms with Crippen LogP contribution >= 0.6 is 11.3 Å². The second-order valence-corrected chi connectivity index (χ2v) is 9.29.